The van der Waals surface area contributed by atoms with E-state index in [1.165, 1.54) is 12.1 Å². The Kier molecular flexibility index (Phi) is 5.02. The number of nitrogen functional groups attached to an aromatic ring is 1. The fourth-order valence-electron chi connectivity index (χ4n) is 2.39. The van der Waals surface area contributed by atoms with Crippen LogP contribution in [0.1, 0.15) is 21.5 Å². The van der Waals surface area contributed by atoms with E-state index in [1.807, 2.05) is 12.1 Å². The van der Waals surface area contributed by atoms with Gasteiger partial charge in [-0.3, -0.25) is 4.79 Å². The molecule has 3 N–H and O–H groups in total. The molecule has 3 aromatic carbocycles. The molecule has 0 aliphatic carbocycles. The Morgan fingerprint density at radius 1 is 0.926 bits per heavy atom. The third-order valence-electron chi connectivity index (χ3n) is 3.77. The van der Waals surface area contributed by atoms with E-state index in [9.17, 15) is 4.79 Å². The molecule has 0 fully saturated rings. The first-order chi connectivity index (χ1) is 13.1. The van der Waals surface area contributed by atoms with Crippen molar-refractivity contribution in [1.29, 1.82) is 10.5 Å². The molecular weight excluding hydrogens is 340 g/mol. The molecule has 1 amide bonds. The summed E-state index contributed by atoms with van der Waals surface area (Å²) < 4.78 is 5.81. The summed E-state index contributed by atoms with van der Waals surface area (Å²) in [7, 11) is 0. The average Bonchev–Trinajstić information content (AvgIpc) is 2.69. The number of nitrogens with one attached hydrogen (secondary N) is 1. The number of hydrogen-bond acceptors (Lipinski definition) is 5. The number of ether oxygens (including phenoxy) is 1. The highest BCUT2D eigenvalue weighted by Crippen LogP contribution is 2.30. The van der Waals surface area contributed by atoms with Crippen LogP contribution in [0.5, 0.6) is 11.5 Å². The molecule has 0 spiro atoms. The van der Waals surface area contributed by atoms with Crippen molar-refractivity contribution in [2.24, 2.45) is 0 Å². The number of anilines is 2. The van der Waals surface area contributed by atoms with Gasteiger partial charge in [0.1, 0.15) is 17.9 Å². The summed E-state index contributed by atoms with van der Waals surface area (Å²) >= 11 is 0. The Hall–Kier alpha value is -4.29. The van der Waals surface area contributed by atoms with Crippen LogP contribution in [0.2, 0.25) is 0 Å². The van der Waals surface area contributed by atoms with E-state index in [-0.39, 0.29) is 17.0 Å². The number of amides is 1. The highest BCUT2D eigenvalue weighted by molar-refractivity contribution is 6.05. The van der Waals surface area contributed by atoms with Crippen molar-refractivity contribution in [3.8, 4) is 23.6 Å². The van der Waals surface area contributed by atoms with Crippen molar-refractivity contribution in [1.82, 2.24) is 0 Å². The van der Waals surface area contributed by atoms with E-state index in [0.717, 1.165) is 0 Å². The minimum Gasteiger partial charge on any atom is -0.455 e. The maximum Gasteiger partial charge on any atom is 0.255 e. The predicted octanol–water partition coefficient (Wildman–Crippen LogP) is 4.06. The molecule has 0 aliphatic rings. The van der Waals surface area contributed by atoms with Gasteiger partial charge in [-0.15, -0.1) is 0 Å². The van der Waals surface area contributed by atoms with Gasteiger partial charge in [0.15, 0.2) is 5.75 Å². The second-order valence-electron chi connectivity index (χ2n) is 5.61. The van der Waals surface area contributed by atoms with Crippen LogP contribution < -0.4 is 15.8 Å². The molecule has 3 aromatic rings. The van der Waals surface area contributed by atoms with Crippen molar-refractivity contribution in [2.75, 3.05) is 11.1 Å². The van der Waals surface area contributed by atoms with Gasteiger partial charge in [0.25, 0.3) is 5.91 Å². The van der Waals surface area contributed by atoms with E-state index in [4.69, 9.17) is 21.0 Å². The number of nitriles is 2. The largest absolute Gasteiger partial charge is 0.455 e. The fourth-order valence-corrected chi connectivity index (χ4v) is 2.39. The van der Waals surface area contributed by atoms with Crippen LogP contribution in [-0.2, 0) is 0 Å². The highest BCUT2D eigenvalue weighted by Gasteiger charge is 2.11. The van der Waals surface area contributed by atoms with Crippen LogP contribution in [0.15, 0.2) is 66.7 Å². The summed E-state index contributed by atoms with van der Waals surface area (Å²) in [6.45, 7) is 0. The maximum absolute atomic E-state index is 12.4. The van der Waals surface area contributed by atoms with Gasteiger partial charge in [-0.25, -0.2) is 0 Å². The molecule has 0 heterocycles. The molecule has 27 heavy (non-hydrogen) atoms. The van der Waals surface area contributed by atoms with E-state index < -0.39 is 0 Å². The van der Waals surface area contributed by atoms with Crippen molar-refractivity contribution < 1.29 is 9.53 Å². The zero-order chi connectivity index (χ0) is 19.2. The number of carbonyl (C=O) groups excluding carboxylic acids is 1. The Balaban J connectivity index is 1.84. The number of carbonyl (C=O) groups is 1. The molecule has 0 aliphatic heterocycles. The Morgan fingerprint density at radius 3 is 2.33 bits per heavy atom. The summed E-state index contributed by atoms with van der Waals surface area (Å²) in [5.74, 6) is 0.498. The van der Waals surface area contributed by atoms with E-state index in [0.29, 0.717) is 28.4 Å². The Morgan fingerprint density at radius 2 is 1.63 bits per heavy atom. The molecule has 6 heteroatoms. The second-order valence-corrected chi connectivity index (χ2v) is 5.61. The minimum atomic E-state index is -0.302. The standard InChI is InChI=1S/C21H14N4O2/c22-12-15-7-10-18(11-16(15)13-23)27-20-4-2-1-3-19(20)25-21(26)14-5-8-17(24)9-6-14/h1-11H,24H2,(H,25,26). The molecule has 6 nitrogen and oxygen atoms in total. The Bertz CT molecular complexity index is 1080. The summed E-state index contributed by atoms with van der Waals surface area (Å²) in [6.07, 6.45) is 0. The molecule has 130 valence electrons. The van der Waals surface area contributed by atoms with Crippen LogP contribution in [0.3, 0.4) is 0 Å². The first kappa shape index (κ1) is 17.5. The summed E-state index contributed by atoms with van der Waals surface area (Å²) in [5, 5.41) is 20.9. The normalized spacial score (nSPS) is 9.70. The SMILES string of the molecule is N#Cc1ccc(Oc2ccccc2NC(=O)c2ccc(N)cc2)cc1C#N. The molecule has 0 saturated carbocycles. The fraction of sp³-hybridized carbons (Fsp3) is 0. The van der Waals surface area contributed by atoms with E-state index in [2.05, 4.69) is 5.32 Å². The molecule has 0 atom stereocenters. The van der Waals surface area contributed by atoms with Crippen molar-refractivity contribution in [3.05, 3.63) is 83.4 Å². The zero-order valence-corrected chi connectivity index (χ0v) is 14.1. The number of hydrogen-bond donors (Lipinski definition) is 2. The maximum atomic E-state index is 12.4. The smallest absolute Gasteiger partial charge is 0.255 e. The lowest BCUT2D eigenvalue weighted by molar-refractivity contribution is 0.102. The van der Waals surface area contributed by atoms with Gasteiger partial charge in [-0.2, -0.15) is 10.5 Å². The lowest BCUT2D eigenvalue weighted by Crippen LogP contribution is -2.12. The van der Waals surface area contributed by atoms with Crippen LogP contribution in [0.4, 0.5) is 11.4 Å². The van der Waals surface area contributed by atoms with Gasteiger partial charge in [0.2, 0.25) is 0 Å². The van der Waals surface area contributed by atoms with Gasteiger partial charge in [-0.1, -0.05) is 12.1 Å². The number of nitrogens with two attached hydrogens (primary N) is 1. The molecule has 3 rings (SSSR count). The van der Waals surface area contributed by atoms with Crippen LogP contribution >= 0.6 is 0 Å². The van der Waals surface area contributed by atoms with Gasteiger partial charge in [-0.05, 0) is 54.6 Å². The molecule has 0 bridgehead atoms. The van der Waals surface area contributed by atoms with Crippen LogP contribution in [-0.4, -0.2) is 5.91 Å². The van der Waals surface area contributed by atoms with Gasteiger partial charge in [0.05, 0.1) is 16.8 Å². The highest BCUT2D eigenvalue weighted by atomic mass is 16.5. The lowest BCUT2D eigenvalue weighted by atomic mass is 10.1. The number of para-hydroxylation sites is 2. The molecule has 0 aromatic heterocycles. The first-order valence-corrected chi connectivity index (χ1v) is 7.99. The van der Waals surface area contributed by atoms with Crippen molar-refractivity contribution >= 4 is 17.3 Å². The summed E-state index contributed by atoms with van der Waals surface area (Å²) in [4.78, 5) is 12.4. The second kappa shape index (κ2) is 7.73. The van der Waals surface area contributed by atoms with E-state index in [1.54, 1.807) is 54.6 Å². The third-order valence-corrected chi connectivity index (χ3v) is 3.77. The first-order valence-electron chi connectivity index (χ1n) is 7.99. The monoisotopic (exact) mass is 354 g/mol. The predicted molar refractivity (Wildman–Crippen MR) is 101 cm³/mol. The van der Waals surface area contributed by atoms with Crippen LogP contribution in [0.25, 0.3) is 0 Å². The topological polar surface area (TPSA) is 112 Å². The van der Waals surface area contributed by atoms with Crippen LogP contribution in [0, 0.1) is 22.7 Å². The molecule has 0 radical (unpaired) electrons. The van der Waals surface area contributed by atoms with Gasteiger partial charge < -0.3 is 15.8 Å². The summed E-state index contributed by atoms with van der Waals surface area (Å²) in [5.41, 5.74) is 7.64. The lowest BCUT2D eigenvalue weighted by Gasteiger charge is -2.12. The summed E-state index contributed by atoms with van der Waals surface area (Å²) in [6, 6.07) is 22.0. The van der Waals surface area contributed by atoms with E-state index >= 15 is 0 Å². The van der Waals surface area contributed by atoms with Crippen molar-refractivity contribution in [3.63, 3.8) is 0 Å². The molecule has 0 unspecified atom stereocenters. The average molecular weight is 354 g/mol. The van der Waals surface area contributed by atoms with Gasteiger partial charge in [0, 0.05) is 11.3 Å². The minimum absolute atomic E-state index is 0.221. The molecular formula is C21H14N4O2. The number of nitrogens with zero attached hydrogens (tertiary/aromatic N) is 2. The zero-order valence-electron chi connectivity index (χ0n) is 14.1. The Labute approximate surface area is 156 Å². The quantitative estimate of drug-likeness (QED) is 0.686. The van der Waals surface area contributed by atoms with Crippen molar-refractivity contribution in [2.45, 2.75) is 0 Å². The number of benzene rings is 3. The third kappa shape index (κ3) is 4.04. The number of rotatable bonds is 4. The van der Waals surface area contributed by atoms with Gasteiger partial charge >= 0.3 is 0 Å². The molecule has 0 saturated heterocycles.